The van der Waals surface area contributed by atoms with Gasteiger partial charge in [0.1, 0.15) is 0 Å². The van der Waals surface area contributed by atoms with Gasteiger partial charge in [-0.3, -0.25) is 9.69 Å². The number of nitrogens with zero attached hydrogens (tertiary/aromatic N) is 4. The number of para-hydroxylation sites is 1. The SMILES string of the molecule is C[C@@H](C(=O)N1CCN(c2ccccc2)CC1)N(C)Cc1cscn1. The average molecular weight is 344 g/mol. The minimum atomic E-state index is -0.130. The quantitative estimate of drug-likeness (QED) is 0.834. The molecule has 2 heterocycles. The summed E-state index contributed by atoms with van der Waals surface area (Å²) in [6, 6.07) is 10.3. The van der Waals surface area contributed by atoms with E-state index in [1.807, 2.05) is 35.8 Å². The summed E-state index contributed by atoms with van der Waals surface area (Å²) < 4.78 is 0. The minimum Gasteiger partial charge on any atom is -0.368 e. The molecule has 1 aliphatic heterocycles. The van der Waals surface area contributed by atoms with Gasteiger partial charge < -0.3 is 9.80 Å². The average Bonchev–Trinajstić information content (AvgIpc) is 3.14. The molecule has 0 unspecified atom stereocenters. The molecule has 0 bridgehead atoms. The van der Waals surface area contributed by atoms with Crippen molar-refractivity contribution in [3.05, 3.63) is 46.9 Å². The summed E-state index contributed by atoms with van der Waals surface area (Å²) in [4.78, 5) is 23.5. The molecule has 2 aromatic rings. The Bertz CT molecular complexity index is 638. The third-order valence-corrected chi connectivity index (χ3v) is 5.26. The number of benzene rings is 1. The number of thiazole rings is 1. The van der Waals surface area contributed by atoms with E-state index < -0.39 is 0 Å². The molecule has 24 heavy (non-hydrogen) atoms. The van der Waals surface area contributed by atoms with Crippen molar-refractivity contribution in [2.24, 2.45) is 0 Å². The van der Waals surface area contributed by atoms with Crippen LogP contribution in [0, 0.1) is 0 Å². The maximum absolute atomic E-state index is 12.8. The van der Waals surface area contributed by atoms with E-state index in [9.17, 15) is 4.79 Å². The molecule has 128 valence electrons. The molecule has 1 aliphatic rings. The minimum absolute atomic E-state index is 0.130. The van der Waals surface area contributed by atoms with Crippen molar-refractivity contribution >= 4 is 22.9 Å². The van der Waals surface area contributed by atoms with Crippen LogP contribution in [0.25, 0.3) is 0 Å². The van der Waals surface area contributed by atoms with Crippen molar-refractivity contribution in [1.82, 2.24) is 14.8 Å². The van der Waals surface area contributed by atoms with Crippen molar-refractivity contribution < 1.29 is 4.79 Å². The van der Waals surface area contributed by atoms with E-state index in [0.29, 0.717) is 6.54 Å². The third kappa shape index (κ3) is 3.94. The molecule has 5 nitrogen and oxygen atoms in total. The van der Waals surface area contributed by atoms with E-state index >= 15 is 0 Å². The van der Waals surface area contributed by atoms with Gasteiger partial charge in [-0.05, 0) is 26.1 Å². The second-order valence-electron chi connectivity index (χ2n) is 6.22. The smallest absolute Gasteiger partial charge is 0.239 e. The van der Waals surface area contributed by atoms with E-state index in [-0.39, 0.29) is 11.9 Å². The Balaban J connectivity index is 1.52. The first kappa shape index (κ1) is 16.9. The lowest BCUT2D eigenvalue weighted by Crippen LogP contribution is -2.53. The van der Waals surface area contributed by atoms with Gasteiger partial charge in [0.05, 0.1) is 17.2 Å². The molecule has 3 rings (SSSR count). The number of piperazine rings is 1. The van der Waals surface area contributed by atoms with Crippen LogP contribution >= 0.6 is 11.3 Å². The summed E-state index contributed by atoms with van der Waals surface area (Å²) in [6.07, 6.45) is 0. The Labute approximate surface area is 147 Å². The fraction of sp³-hybridized carbons (Fsp3) is 0.444. The van der Waals surface area contributed by atoms with Crippen LogP contribution in [0.4, 0.5) is 5.69 Å². The molecular formula is C18H24N4OS. The summed E-state index contributed by atoms with van der Waals surface area (Å²) in [5.74, 6) is 0.209. The summed E-state index contributed by atoms with van der Waals surface area (Å²) >= 11 is 1.59. The lowest BCUT2D eigenvalue weighted by molar-refractivity contribution is -0.136. The Morgan fingerprint density at radius 3 is 2.58 bits per heavy atom. The molecule has 1 saturated heterocycles. The van der Waals surface area contributed by atoms with Crippen molar-refractivity contribution in [2.45, 2.75) is 19.5 Å². The number of amides is 1. The molecule has 1 amide bonds. The molecule has 0 radical (unpaired) electrons. The monoisotopic (exact) mass is 344 g/mol. The van der Waals surface area contributed by atoms with E-state index in [4.69, 9.17) is 0 Å². The van der Waals surface area contributed by atoms with Gasteiger partial charge in [0.2, 0.25) is 5.91 Å². The maximum Gasteiger partial charge on any atom is 0.239 e. The van der Waals surface area contributed by atoms with Gasteiger partial charge in [-0.25, -0.2) is 4.98 Å². The zero-order valence-electron chi connectivity index (χ0n) is 14.3. The molecule has 0 N–H and O–H groups in total. The maximum atomic E-state index is 12.8. The first-order valence-corrected chi connectivity index (χ1v) is 9.25. The van der Waals surface area contributed by atoms with Crippen LogP contribution in [0.15, 0.2) is 41.2 Å². The molecule has 1 atom stereocenters. The van der Waals surface area contributed by atoms with Crippen LogP contribution in [0.3, 0.4) is 0 Å². The highest BCUT2D eigenvalue weighted by atomic mass is 32.1. The highest BCUT2D eigenvalue weighted by Crippen LogP contribution is 2.17. The van der Waals surface area contributed by atoms with Gasteiger partial charge in [0, 0.05) is 43.8 Å². The summed E-state index contributed by atoms with van der Waals surface area (Å²) in [7, 11) is 1.99. The number of rotatable bonds is 5. The van der Waals surface area contributed by atoms with Crippen LogP contribution in [-0.2, 0) is 11.3 Å². The molecule has 1 aromatic heterocycles. The van der Waals surface area contributed by atoms with Crippen LogP contribution in [0.1, 0.15) is 12.6 Å². The number of carbonyl (C=O) groups is 1. The van der Waals surface area contributed by atoms with Crippen molar-refractivity contribution in [1.29, 1.82) is 0 Å². The lowest BCUT2D eigenvalue weighted by Gasteiger charge is -2.38. The first-order chi connectivity index (χ1) is 11.6. The number of anilines is 1. The highest BCUT2D eigenvalue weighted by molar-refractivity contribution is 7.07. The van der Waals surface area contributed by atoms with Gasteiger partial charge in [-0.15, -0.1) is 11.3 Å². The molecular weight excluding hydrogens is 320 g/mol. The highest BCUT2D eigenvalue weighted by Gasteiger charge is 2.27. The zero-order chi connectivity index (χ0) is 16.9. The number of likely N-dealkylation sites (N-methyl/N-ethyl adjacent to an activating group) is 1. The molecule has 0 saturated carbocycles. The standard InChI is InChI=1S/C18H24N4OS/c1-15(20(2)12-16-13-24-14-19-16)18(23)22-10-8-21(9-11-22)17-6-4-3-5-7-17/h3-7,13-15H,8-12H2,1-2H3/t15-/m0/s1. The summed E-state index contributed by atoms with van der Waals surface area (Å²) in [5, 5.41) is 2.03. The predicted molar refractivity (Wildman–Crippen MR) is 98.3 cm³/mol. The Kier molecular flexibility index (Phi) is 5.48. The lowest BCUT2D eigenvalue weighted by atomic mass is 10.2. The number of carbonyl (C=O) groups excluding carboxylic acids is 1. The van der Waals surface area contributed by atoms with Gasteiger partial charge in [0.15, 0.2) is 0 Å². The predicted octanol–water partition coefficient (Wildman–Crippen LogP) is 2.31. The Hall–Kier alpha value is -1.92. The van der Waals surface area contributed by atoms with Gasteiger partial charge in [-0.1, -0.05) is 18.2 Å². The fourth-order valence-corrected chi connectivity index (χ4v) is 3.53. The third-order valence-electron chi connectivity index (χ3n) is 4.63. The molecule has 0 aliphatic carbocycles. The second kappa shape index (κ2) is 7.77. The fourth-order valence-electron chi connectivity index (χ4n) is 2.98. The van der Waals surface area contributed by atoms with Gasteiger partial charge in [-0.2, -0.15) is 0 Å². The van der Waals surface area contributed by atoms with Gasteiger partial charge >= 0.3 is 0 Å². The Morgan fingerprint density at radius 2 is 1.96 bits per heavy atom. The number of hydrogen-bond donors (Lipinski definition) is 0. The molecule has 1 aromatic carbocycles. The Morgan fingerprint density at radius 1 is 1.25 bits per heavy atom. The largest absolute Gasteiger partial charge is 0.368 e. The van der Waals surface area contributed by atoms with E-state index in [1.165, 1.54) is 5.69 Å². The topological polar surface area (TPSA) is 39.7 Å². The normalized spacial score (nSPS) is 16.5. The van der Waals surface area contributed by atoms with Crippen LogP contribution in [0.5, 0.6) is 0 Å². The van der Waals surface area contributed by atoms with E-state index in [2.05, 4.69) is 39.0 Å². The molecule has 6 heteroatoms. The van der Waals surface area contributed by atoms with Crippen molar-refractivity contribution in [2.75, 3.05) is 38.1 Å². The second-order valence-corrected chi connectivity index (χ2v) is 6.94. The van der Waals surface area contributed by atoms with Crippen molar-refractivity contribution in [3.8, 4) is 0 Å². The van der Waals surface area contributed by atoms with Crippen molar-refractivity contribution in [3.63, 3.8) is 0 Å². The van der Waals surface area contributed by atoms with Crippen LogP contribution in [-0.4, -0.2) is 60.0 Å². The number of hydrogen-bond acceptors (Lipinski definition) is 5. The van der Waals surface area contributed by atoms with E-state index in [0.717, 1.165) is 31.9 Å². The summed E-state index contributed by atoms with van der Waals surface area (Å²) in [5.41, 5.74) is 4.09. The van der Waals surface area contributed by atoms with Gasteiger partial charge in [0.25, 0.3) is 0 Å². The number of aromatic nitrogens is 1. The zero-order valence-corrected chi connectivity index (χ0v) is 15.1. The molecule has 1 fully saturated rings. The summed E-state index contributed by atoms with van der Waals surface area (Å²) in [6.45, 7) is 6.03. The van der Waals surface area contributed by atoms with Crippen LogP contribution in [0.2, 0.25) is 0 Å². The van der Waals surface area contributed by atoms with Crippen LogP contribution < -0.4 is 4.90 Å². The molecule has 0 spiro atoms. The van der Waals surface area contributed by atoms with E-state index in [1.54, 1.807) is 11.3 Å². The first-order valence-electron chi connectivity index (χ1n) is 8.31.